The fourth-order valence-electron chi connectivity index (χ4n) is 5.48. The summed E-state index contributed by atoms with van der Waals surface area (Å²) < 4.78 is 6.92. The minimum absolute atomic E-state index is 0.0945. The number of thiocarbonyl (C=S) groups is 1. The number of aromatic nitrogens is 2. The van der Waals surface area contributed by atoms with Gasteiger partial charge >= 0.3 is 5.97 Å². The van der Waals surface area contributed by atoms with Crippen LogP contribution in [0.3, 0.4) is 0 Å². The normalized spacial score (nSPS) is 16.3. The van der Waals surface area contributed by atoms with E-state index in [-0.39, 0.29) is 30.4 Å². The molecule has 42 heavy (non-hydrogen) atoms. The molecule has 0 bridgehead atoms. The molecule has 0 unspecified atom stereocenters. The molecule has 2 N–H and O–H groups in total. The maximum atomic E-state index is 13.2. The van der Waals surface area contributed by atoms with Gasteiger partial charge in [-0.3, -0.25) is 9.78 Å². The fourth-order valence-corrected chi connectivity index (χ4v) is 5.81. The highest BCUT2D eigenvalue weighted by Crippen LogP contribution is 2.39. The van der Waals surface area contributed by atoms with Crippen LogP contribution in [-0.2, 0) is 9.53 Å². The summed E-state index contributed by atoms with van der Waals surface area (Å²) in [5.74, 6) is -0.481. The Balaban J connectivity index is 1.28. The van der Waals surface area contributed by atoms with Crippen LogP contribution in [0.5, 0.6) is 0 Å². The van der Waals surface area contributed by atoms with E-state index in [4.69, 9.17) is 17.0 Å². The number of esters is 1. The number of pyridine rings is 1. The van der Waals surface area contributed by atoms with Crippen molar-refractivity contribution in [3.05, 3.63) is 126 Å². The number of hydrogen-bond donors (Lipinski definition) is 2. The Morgan fingerprint density at radius 1 is 0.952 bits per heavy atom. The van der Waals surface area contributed by atoms with Crippen LogP contribution in [0.4, 0.5) is 5.69 Å². The number of anilines is 1. The van der Waals surface area contributed by atoms with Crippen LogP contribution in [0.1, 0.15) is 40.3 Å². The summed E-state index contributed by atoms with van der Waals surface area (Å²) >= 11 is 5.83. The standard InChI is InChI=1S/C33H29N5O3S/c1-41-32(40)23-14-16-24(17-15-23)37-20-7-13-28(37)31-30(27-11-4-5-19-34-27)36-33(42)38(31)21-18-29(39)35-26-12-6-9-22-8-2-3-10-25(22)26/h2-17,19-20,30-31H,18,21H2,1H3,(H,35,39)(H,36,42)/t30-,31-/m1/s1. The molecule has 3 aromatic carbocycles. The molecule has 1 saturated heterocycles. The van der Waals surface area contributed by atoms with Crippen molar-refractivity contribution in [1.82, 2.24) is 19.8 Å². The van der Waals surface area contributed by atoms with E-state index in [2.05, 4.69) is 25.1 Å². The van der Waals surface area contributed by atoms with Gasteiger partial charge < -0.3 is 24.8 Å². The van der Waals surface area contributed by atoms with Gasteiger partial charge in [-0.2, -0.15) is 0 Å². The lowest BCUT2D eigenvalue weighted by Gasteiger charge is -2.29. The first-order valence-corrected chi connectivity index (χ1v) is 14.1. The molecule has 5 aromatic rings. The summed E-state index contributed by atoms with van der Waals surface area (Å²) in [7, 11) is 1.37. The largest absolute Gasteiger partial charge is 0.465 e. The number of fused-ring (bicyclic) bond motifs is 1. The predicted octanol–water partition coefficient (Wildman–Crippen LogP) is 5.81. The molecule has 9 heteroatoms. The highest BCUT2D eigenvalue weighted by atomic mass is 32.1. The van der Waals surface area contributed by atoms with Gasteiger partial charge in [0.05, 0.1) is 30.5 Å². The van der Waals surface area contributed by atoms with Crippen molar-refractivity contribution < 1.29 is 14.3 Å². The van der Waals surface area contributed by atoms with Crippen LogP contribution < -0.4 is 10.6 Å². The Kier molecular flexibility index (Phi) is 7.66. The molecular weight excluding hydrogens is 546 g/mol. The van der Waals surface area contributed by atoms with Crippen LogP contribution in [0.25, 0.3) is 16.5 Å². The van der Waals surface area contributed by atoms with E-state index in [0.29, 0.717) is 17.2 Å². The van der Waals surface area contributed by atoms with Crippen molar-refractivity contribution in [2.75, 3.05) is 19.0 Å². The molecule has 1 aliphatic heterocycles. The van der Waals surface area contributed by atoms with Crippen LogP contribution >= 0.6 is 12.2 Å². The van der Waals surface area contributed by atoms with Gasteiger partial charge in [0.25, 0.3) is 0 Å². The van der Waals surface area contributed by atoms with Crippen LogP contribution in [-0.4, -0.2) is 45.1 Å². The summed E-state index contributed by atoms with van der Waals surface area (Å²) in [5.41, 5.74) is 3.96. The first-order valence-electron chi connectivity index (χ1n) is 13.6. The third-order valence-electron chi connectivity index (χ3n) is 7.49. The zero-order valence-electron chi connectivity index (χ0n) is 22.9. The Morgan fingerprint density at radius 3 is 2.52 bits per heavy atom. The van der Waals surface area contributed by atoms with Crippen molar-refractivity contribution in [3.8, 4) is 5.69 Å². The number of ether oxygens (including phenoxy) is 1. The summed E-state index contributed by atoms with van der Waals surface area (Å²) in [4.78, 5) is 31.9. The van der Waals surface area contributed by atoms with Gasteiger partial charge in [-0.1, -0.05) is 42.5 Å². The van der Waals surface area contributed by atoms with Crippen molar-refractivity contribution in [2.45, 2.75) is 18.5 Å². The highest BCUT2D eigenvalue weighted by Gasteiger charge is 2.41. The summed E-state index contributed by atoms with van der Waals surface area (Å²) in [6, 6.07) is 30.5. The second-order valence-electron chi connectivity index (χ2n) is 9.99. The van der Waals surface area contributed by atoms with E-state index >= 15 is 0 Å². The number of nitrogens with zero attached hydrogens (tertiary/aromatic N) is 3. The van der Waals surface area contributed by atoms with Gasteiger partial charge in [0.15, 0.2) is 5.11 Å². The molecule has 210 valence electrons. The van der Waals surface area contributed by atoms with Gasteiger partial charge in [0.2, 0.25) is 5.91 Å². The van der Waals surface area contributed by atoms with Crippen LogP contribution in [0, 0.1) is 0 Å². The third kappa shape index (κ3) is 5.34. The van der Waals surface area contributed by atoms with E-state index in [0.717, 1.165) is 33.5 Å². The maximum Gasteiger partial charge on any atom is 0.337 e. The second-order valence-corrected chi connectivity index (χ2v) is 10.4. The molecule has 1 amide bonds. The number of hydrogen-bond acceptors (Lipinski definition) is 5. The highest BCUT2D eigenvalue weighted by molar-refractivity contribution is 7.80. The van der Waals surface area contributed by atoms with Crippen LogP contribution in [0.15, 0.2) is 109 Å². The minimum atomic E-state index is -0.386. The number of methoxy groups -OCH3 is 1. The first kappa shape index (κ1) is 27.2. The van der Waals surface area contributed by atoms with Crippen molar-refractivity contribution >= 4 is 45.7 Å². The molecule has 1 aliphatic rings. The molecule has 3 heterocycles. The lowest BCUT2D eigenvalue weighted by molar-refractivity contribution is -0.116. The Bertz CT molecular complexity index is 1750. The fraction of sp³-hybridized carbons (Fsp3) is 0.152. The second kappa shape index (κ2) is 11.8. The van der Waals surface area contributed by atoms with E-state index in [1.54, 1.807) is 18.3 Å². The Labute approximate surface area is 248 Å². The third-order valence-corrected chi connectivity index (χ3v) is 7.84. The molecule has 2 aromatic heterocycles. The van der Waals surface area contributed by atoms with E-state index in [1.807, 2.05) is 91.1 Å². The maximum absolute atomic E-state index is 13.2. The lowest BCUT2D eigenvalue weighted by Crippen LogP contribution is -2.33. The number of carbonyl (C=O) groups excluding carboxylic acids is 2. The molecule has 0 radical (unpaired) electrons. The van der Waals surface area contributed by atoms with E-state index < -0.39 is 0 Å². The number of carbonyl (C=O) groups is 2. The molecule has 0 aliphatic carbocycles. The zero-order chi connectivity index (χ0) is 29.1. The quantitative estimate of drug-likeness (QED) is 0.178. The van der Waals surface area contributed by atoms with Gasteiger partial charge in [-0.25, -0.2) is 4.79 Å². The molecule has 6 rings (SSSR count). The van der Waals surface area contributed by atoms with Crippen molar-refractivity contribution in [1.29, 1.82) is 0 Å². The SMILES string of the molecule is COC(=O)c1ccc(-n2cccc2[C@@H]2[C@@H](c3ccccn3)NC(=S)N2CCC(=O)Nc2cccc3ccccc23)cc1. The van der Waals surface area contributed by atoms with Crippen molar-refractivity contribution in [2.24, 2.45) is 0 Å². The smallest absolute Gasteiger partial charge is 0.337 e. The number of amides is 1. The molecule has 8 nitrogen and oxygen atoms in total. The van der Waals surface area contributed by atoms with E-state index in [9.17, 15) is 9.59 Å². The molecule has 2 atom stereocenters. The average Bonchev–Trinajstić information content (AvgIpc) is 3.64. The zero-order valence-corrected chi connectivity index (χ0v) is 23.8. The predicted molar refractivity (Wildman–Crippen MR) is 166 cm³/mol. The monoisotopic (exact) mass is 575 g/mol. The summed E-state index contributed by atoms with van der Waals surface area (Å²) in [6.07, 6.45) is 3.98. The average molecular weight is 576 g/mol. The molecule has 0 spiro atoms. The topological polar surface area (TPSA) is 88.5 Å². The van der Waals surface area contributed by atoms with Gasteiger partial charge in [-0.15, -0.1) is 0 Å². The molecular formula is C33H29N5O3S. The van der Waals surface area contributed by atoms with Crippen molar-refractivity contribution in [3.63, 3.8) is 0 Å². The summed E-state index contributed by atoms with van der Waals surface area (Å²) in [5, 5.41) is 9.17. The Hall–Kier alpha value is -5.02. The van der Waals surface area contributed by atoms with Gasteiger partial charge in [0, 0.05) is 47.8 Å². The lowest BCUT2D eigenvalue weighted by atomic mass is 10.0. The first-order chi connectivity index (χ1) is 20.5. The number of benzene rings is 3. The number of rotatable bonds is 8. The summed E-state index contributed by atoms with van der Waals surface area (Å²) in [6.45, 7) is 0.406. The van der Waals surface area contributed by atoms with Crippen LogP contribution in [0.2, 0.25) is 0 Å². The number of nitrogens with one attached hydrogen (secondary N) is 2. The molecule has 1 fully saturated rings. The van der Waals surface area contributed by atoms with Gasteiger partial charge in [0.1, 0.15) is 0 Å². The minimum Gasteiger partial charge on any atom is -0.465 e. The molecule has 0 saturated carbocycles. The van der Waals surface area contributed by atoms with Gasteiger partial charge in [-0.05, 0) is 72.2 Å². The Morgan fingerprint density at radius 2 is 1.74 bits per heavy atom. The van der Waals surface area contributed by atoms with E-state index in [1.165, 1.54) is 7.11 Å².